The minimum Gasteiger partial charge on any atom is -0.481 e. The summed E-state index contributed by atoms with van der Waals surface area (Å²) in [5.41, 5.74) is 0.481. The van der Waals surface area contributed by atoms with Gasteiger partial charge in [-0.25, -0.2) is 4.39 Å². The zero-order chi connectivity index (χ0) is 11.7. The Morgan fingerprint density at radius 1 is 1.50 bits per heavy atom. The molecule has 3 nitrogen and oxygen atoms in total. The Balaban J connectivity index is 2.32. The first-order chi connectivity index (χ1) is 7.58. The highest BCUT2D eigenvalue weighted by molar-refractivity contribution is 6.30. The van der Waals surface area contributed by atoms with Crippen LogP contribution in [0.4, 0.5) is 4.39 Å². The number of benzene rings is 1. The van der Waals surface area contributed by atoms with Crippen LogP contribution in [0.3, 0.4) is 0 Å². The second-order valence-corrected chi connectivity index (χ2v) is 4.16. The molecule has 1 aliphatic heterocycles. The Hall–Kier alpha value is -1.13. The van der Waals surface area contributed by atoms with E-state index >= 15 is 0 Å². The molecule has 0 aromatic heterocycles. The second-order valence-electron chi connectivity index (χ2n) is 3.73. The van der Waals surface area contributed by atoms with E-state index in [2.05, 4.69) is 0 Å². The zero-order valence-corrected chi connectivity index (χ0v) is 9.08. The lowest BCUT2D eigenvalue weighted by molar-refractivity contribution is -0.143. The van der Waals surface area contributed by atoms with Gasteiger partial charge in [0.1, 0.15) is 5.82 Å². The van der Waals surface area contributed by atoms with Crippen molar-refractivity contribution in [1.82, 2.24) is 0 Å². The van der Waals surface area contributed by atoms with Crippen molar-refractivity contribution < 1.29 is 19.0 Å². The molecule has 0 amide bonds. The van der Waals surface area contributed by atoms with E-state index in [0.717, 1.165) is 0 Å². The summed E-state index contributed by atoms with van der Waals surface area (Å²) in [6.45, 7) is 0.371. The maximum absolute atomic E-state index is 13.1. The van der Waals surface area contributed by atoms with E-state index in [1.54, 1.807) is 0 Å². The van der Waals surface area contributed by atoms with Crippen LogP contribution >= 0.6 is 11.6 Å². The minimum absolute atomic E-state index is 0.245. The zero-order valence-electron chi connectivity index (χ0n) is 8.32. The maximum atomic E-state index is 13.1. The van der Waals surface area contributed by atoms with Crippen LogP contribution in [-0.4, -0.2) is 17.7 Å². The number of carbonyl (C=O) groups is 1. The van der Waals surface area contributed by atoms with Crippen LogP contribution in [-0.2, 0) is 9.53 Å². The number of hydrogen-bond donors (Lipinski definition) is 1. The van der Waals surface area contributed by atoms with Crippen LogP contribution in [0.5, 0.6) is 0 Å². The average molecular weight is 245 g/mol. The highest BCUT2D eigenvalue weighted by Crippen LogP contribution is 2.35. The predicted octanol–water partition coefficient (Wildman–Crippen LogP) is 2.64. The summed E-state index contributed by atoms with van der Waals surface area (Å²) in [4.78, 5) is 10.9. The van der Waals surface area contributed by atoms with E-state index in [4.69, 9.17) is 21.4 Å². The molecule has 1 aromatic carbocycles. The summed E-state index contributed by atoms with van der Waals surface area (Å²) in [6.07, 6.45) is -0.167. The summed E-state index contributed by atoms with van der Waals surface area (Å²) in [7, 11) is 0. The standard InChI is InChI=1S/C11H10ClFO3/c12-7-3-6(4-8(13)5-7)10-9(11(14)15)1-2-16-10/h3-5,9-10H,1-2H2,(H,14,15). The van der Waals surface area contributed by atoms with Crippen molar-refractivity contribution in [3.63, 3.8) is 0 Å². The highest BCUT2D eigenvalue weighted by atomic mass is 35.5. The van der Waals surface area contributed by atoms with Crippen molar-refractivity contribution in [3.8, 4) is 0 Å². The first kappa shape index (κ1) is 11.4. The number of halogens is 2. The summed E-state index contributed by atoms with van der Waals surface area (Å²) >= 11 is 5.71. The summed E-state index contributed by atoms with van der Waals surface area (Å²) in [6, 6.07) is 3.98. The van der Waals surface area contributed by atoms with Gasteiger partial charge in [0, 0.05) is 11.6 Å². The molecule has 1 N–H and O–H groups in total. The van der Waals surface area contributed by atoms with Crippen LogP contribution in [0.2, 0.25) is 5.02 Å². The van der Waals surface area contributed by atoms with E-state index in [0.29, 0.717) is 18.6 Å². The average Bonchev–Trinajstić information content (AvgIpc) is 2.63. The van der Waals surface area contributed by atoms with Gasteiger partial charge in [-0.3, -0.25) is 4.79 Å². The predicted molar refractivity (Wildman–Crippen MR) is 55.8 cm³/mol. The third kappa shape index (κ3) is 2.18. The molecule has 0 radical (unpaired) electrons. The Kier molecular flexibility index (Phi) is 3.12. The van der Waals surface area contributed by atoms with Crippen LogP contribution in [0.15, 0.2) is 18.2 Å². The molecular formula is C11H10ClFO3. The summed E-state index contributed by atoms with van der Waals surface area (Å²) in [5, 5.41) is 9.22. The van der Waals surface area contributed by atoms with Gasteiger partial charge in [0.25, 0.3) is 0 Å². The molecule has 86 valence electrons. The fourth-order valence-corrected chi connectivity index (χ4v) is 2.14. The number of ether oxygens (including phenoxy) is 1. The van der Waals surface area contributed by atoms with E-state index in [-0.39, 0.29) is 5.02 Å². The first-order valence-corrected chi connectivity index (χ1v) is 5.26. The van der Waals surface area contributed by atoms with Gasteiger partial charge in [-0.1, -0.05) is 11.6 Å². The van der Waals surface area contributed by atoms with Crippen molar-refractivity contribution in [2.45, 2.75) is 12.5 Å². The molecule has 2 unspecified atom stereocenters. The third-order valence-electron chi connectivity index (χ3n) is 2.62. The van der Waals surface area contributed by atoms with Crippen molar-refractivity contribution in [2.75, 3.05) is 6.61 Å². The molecule has 0 spiro atoms. The topological polar surface area (TPSA) is 46.5 Å². The Morgan fingerprint density at radius 3 is 2.88 bits per heavy atom. The highest BCUT2D eigenvalue weighted by Gasteiger charge is 2.35. The van der Waals surface area contributed by atoms with E-state index in [9.17, 15) is 9.18 Å². The smallest absolute Gasteiger partial charge is 0.309 e. The number of carboxylic acids is 1. The molecule has 16 heavy (non-hydrogen) atoms. The molecule has 1 aromatic rings. The lowest BCUT2D eigenvalue weighted by Gasteiger charge is -2.15. The quantitative estimate of drug-likeness (QED) is 0.870. The SMILES string of the molecule is O=C(O)C1CCOC1c1cc(F)cc(Cl)c1. The molecule has 2 atom stereocenters. The minimum atomic E-state index is -0.928. The number of aliphatic carboxylic acids is 1. The van der Waals surface area contributed by atoms with Gasteiger partial charge in [0.15, 0.2) is 0 Å². The van der Waals surface area contributed by atoms with Crippen LogP contribution in [0, 0.1) is 11.7 Å². The van der Waals surface area contributed by atoms with Gasteiger partial charge in [0.2, 0.25) is 0 Å². The maximum Gasteiger partial charge on any atom is 0.309 e. The lowest BCUT2D eigenvalue weighted by Crippen LogP contribution is -2.17. The molecule has 0 saturated carbocycles. The number of rotatable bonds is 2. The van der Waals surface area contributed by atoms with Gasteiger partial charge in [0.05, 0.1) is 12.0 Å². The van der Waals surface area contributed by atoms with Gasteiger partial charge in [-0.05, 0) is 30.2 Å². The van der Waals surface area contributed by atoms with E-state index < -0.39 is 23.8 Å². The molecule has 5 heteroatoms. The normalized spacial score (nSPS) is 24.6. The van der Waals surface area contributed by atoms with Gasteiger partial charge in [-0.2, -0.15) is 0 Å². The molecule has 1 heterocycles. The largest absolute Gasteiger partial charge is 0.481 e. The monoisotopic (exact) mass is 244 g/mol. The third-order valence-corrected chi connectivity index (χ3v) is 2.84. The van der Waals surface area contributed by atoms with Crippen LogP contribution in [0.25, 0.3) is 0 Å². The Bertz CT molecular complexity index is 401. The van der Waals surface area contributed by atoms with Gasteiger partial charge < -0.3 is 9.84 Å². The molecule has 1 saturated heterocycles. The molecule has 1 aliphatic rings. The lowest BCUT2D eigenvalue weighted by atomic mass is 9.95. The fraction of sp³-hybridized carbons (Fsp3) is 0.364. The van der Waals surface area contributed by atoms with Crippen molar-refractivity contribution >= 4 is 17.6 Å². The van der Waals surface area contributed by atoms with Crippen LogP contribution < -0.4 is 0 Å². The number of hydrogen-bond acceptors (Lipinski definition) is 2. The van der Waals surface area contributed by atoms with Crippen LogP contribution in [0.1, 0.15) is 18.1 Å². The summed E-state index contributed by atoms with van der Waals surface area (Å²) < 4.78 is 18.4. The first-order valence-electron chi connectivity index (χ1n) is 4.88. The molecule has 0 aliphatic carbocycles. The molecule has 0 bridgehead atoms. The second kappa shape index (κ2) is 4.39. The Morgan fingerprint density at radius 2 is 2.25 bits per heavy atom. The van der Waals surface area contributed by atoms with Crippen molar-refractivity contribution in [1.29, 1.82) is 0 Å². The molecule has 2 rings (SSSR count). The molecular weight excluding hydrogens is 235 g/mol. The van der Waals surface area contributed by atoms with Gasteiger partial charge >= 0.3 is 5.97 Å². The van der Waals surface area contributed by atoms with Crippen molar-refractivity contribution in [2.24, 2.45) is 5.92 Å². The van der Waals surface area contributed by atoms with Gasteiger partial charge in [-0.15, -0.1) is 0 Å². The van der Waals surface area contributed by atoms with Crippen molar-refractivity contribution in [3.05, 3.63) is 34.6 Å². The van der Waals surface area contributed by atoms with E-state index in [1.807, 2.05) is 0 Å². The van der Waals surface area contributed by atoms with E-state index in [1.165, 1.54) is 18.2 Å². The Labute approximate surface area is 96.8 Å². The number of carboxylic acid groups (broad SMARTS) is 1. The summed E-state index contributed by atoms with van der Waals surface area (Å²) in [5.74, 6) is -2.04. The fourth-order valence-electron chi connectivity index (χ4n) is 1.91. The molecule has 1 fully saturated rings.